The second-order valence-electron chi connectivity index (χ2n) is 3.12. The minimum absolute atomic E-state index is 0.237. The standard InChI is InChI=1S/C9H14N2O3S2/c1-15-6-2-4-11-16(13,14)9-7-10-5-3-8(9)12/h3,5,7,11H,2,4,6H2,1H3,(H,10,12). The van der Waals surface area contributed by atoms with E-state index in [9.17, 15) is 13.2 Å². The fourth-order valence-electron chi connectivity index (χ4n) is 1.11. The Kier molecular flexibility index (Phi) is 5.04. The maximum Gasteiger partial charge on any atom is 0.245 e. The number of aromatic amines is 1. The fourth-order valence-corrected chi connectivity index (χ4v) is 2.67. The van der Waals surface area contributed by atoms with Crippen molar-refractivity contribution in [3.8, 4) is 0 Å². The molecule has 5 nitrogen and oxygen atoms in total. The molecule has 0 aromatic carbocycles. The van der Waals surface area contributed by atoms with Crippen LogP contribution in [0.3, 0.4) is 0 Å². The van der Waals surface area contributed by atoms with Crippen molar-refractivity contribution in [2.45, 2.75) is 11.3 Å². The summed E-state index contributed by atoms with van der Waals surface area (Å²) in [5, 5.41) is 0. The molecule has 0 fully saturated rings. The van der Waals surface area contributed by atoms with Crippen molar-refractivity contribution < 1.29 is 8.42 Å². The molecular weight excluding hydrogens is 248 g/mol. The van der Waals surface area contributed by atoms with Gasteiger partial charge in [0.15, 0.2) is 0 Å². The van der Waals surface area contributed by atoms with Crippen LogP contribution in [0.15, 0.2) is 28.2 Å². The lowest BCUT2D eigenvalue weighted by molar-refractivity contribution is 0.580. The van der Waals surface area contributed by atoms with Crippen LogP contribution >= 0.6 is 11.8 Å². The normalized spacial score (nSPS) is 11.6. The molecule has 90 valence electrons. The average Bonchev–Trinajstić information content (AvgIpc) is 2.25. The van der Waals surface area contributed by atoms with Crippen LogP contribution in [0.4, 0.5) is 0 Å². The van der Waals surface area contributed by atoms with E-state index in [1.165, 1.54) is 18.5 Å². The van der Waals surface area contributed by atoms with Crippen LogP contribution in [0, 0.1) is 0 Å². The van der Waals surface area contributed by atoms with Gasteiger partial charge in [-0.25, -0.2) is 13.1 Å². The summed E-state index contributed by atoms with van der Waals surface area (Å²) in [5.74, 6) is 0.883. The fraction of sp³-hybridized carbons (Fsp3) is 0.444. The first-order valence-electron chi connectivity index (χ1n) is 4.73. The lowest BCUT2D eigenvalue weighted by Gasteiger charge is -2.04. The van der Waals surface area contributed by atoms with Gasteiger partial charge in [-0.2, -0.15) is 11.8 Å². The maximum absolute atomic E-state index is 11.7. The minimum Gasteiger partial charge on any atom is -0.366 e. The molecule has 1 heterocycles. The third-order valence-electron chi connectivity index (χ3n) is 1.90. The molecule has 0 spiro atoms. The van der Waals surface area contributed by atoms with E-state index in [1.807, 2.05) is 6.26 Å². The zero-order valence-electron chi connectivity index (χ0n) is 8.89. The van der Waals surface area contributed by atoms with Gasteiger partial charge >= 0.3 is 0 Å². The molecule has 0 aliphatic carbocycles. The Bertz CT molecular complexity index is 482. The van der Waals surface area contributed by atoms with E-state index >= 15 is 0 Å². The summed E-state index contributed by atoms with van der Waals surface area (Å²) in [6.45, 7) is 0.345. The molecule has 0 amide bonds. The minimum atomic E-state index is -3.67. The SMILES string of the molecule is CSCCCNS(=O)(=O)c1c[nH]ccc1=O. The van der Waals surface area contributed by atoms with Gasteiger partial charge in [0.05, 0.1) is 0 Å². The number of pyridine rings is 1. The summed E-state index contributed by atoms with van der Waals surface area (Å²) in [7, 11) is -3.67. The lowest BCUT2D eigenvalue weighted by atomic mass is 10.5. The molecule has 0 aliphatic heterocycles. The molecular formula is C9H14N2O3S2. The number of nitrogens with one attached hydrogen (secondary N) is 2. The number of rotatable bonds is 6. The van der Waals surface area contributed by atoms with Crippen molar-refractivity contribution in [3.63, 3.8) is 0 Å². The summed E-state index contributed by atoms with van der Waals surface area (Å²) in [4.78, 5) is 13.7. The van der Waals surface area contributed by atoms with Crippen LogP contribution in [0.25, 0.3) is 0 Å². The van der Waals surface area contributed by atoms with Gasteiger partial charge in [0, 0.05) is 25.0 Å². The van der Waals surface area contributed by atoms with Gasteiger partial charge in [-0.05, 0) is 18.4 Å². The largest absolute Gasteiger partial charge is 0.366 e. The highest BCUT2D eigenvalue weighted by molar-refractivity contribution is 7.98. The molecule has 0 saturated heterocycles. The summed E-state index contributed by atoms with van der Waals surface area (Å²) in [6.07, 6.45) is 5.29. The highest BCUT2D eigenvalue weighted by atomic mass is 32.2. The topological polar surface area (TPSA) is 79.0 Å². The van der Waals surface area contributed by atoms with Crippen molar-refractivity contribution >= 4 is 21.8 Å². The average molecular weight is 262 g/mol. The molecule has 0 radical (unpaired) electrons. The Labute approximate surface area is 98.7 Å². The molecule has 0 atom stereocenters. The Balaban J connectivity index is 2.72. The smallest absolute Gasteiger partial charge is 0.245 e. The van der Waals surface area contributed by atoms with E-state index in [2.05, 4.69) is 9.71 Å². The number of thioether (sulfide) groups is 1. The molecule has 0 bridgehead atoms. The molecule has 2 N–H and O–H groups in total. The van der Waals surface area contributed by atoms with Crippen LogP contribution in [0.5, 0.6) is 0 Å². The van der Waals surface area contributed by atoms with Crippen LogP contribution in [0.2, 0.25) is 0 Å². The summed E-state index contributed by atoms with van der Waals surface area (Å²) in [6, 6.07) is 1.19. The van der Waals surface area contributed by atoms with E-state index in [-0.39, 0.29) is 4.90 Å². The Morgan fingerprint density at radius 1 is 1.50 bits per heavy atom. The molecule has 0 aliphatic rings. The second-order valence-corrected chi connectivity index (χ2v) is 5.84. The molecule has 1 aromatic rings. The first-order valence-corrected chi connectivity index (χ1v) is 7.61. The van der Waals surface area contributed by atoms with E-state index in [4.69, 9.17) is 0 Å². The van der Waals surface area contributed by atoms with Gasteiger partial charge in [0.2, 0.25) is 15.5 Å². The van der Waals surface area contributed by atoms with E-state index in [0.29, 0.717) is 6.54 Å². The van der Waals surface area contributed by atoms with Crippen molar-refractivity contribution in [2.75, 3.05) is 18.6 Å². The van der Waals surface area contributed by atoms with Gasteiger partial charge in [-0.1, -0.05) is 0 Å². The van der Waals surface area contributed by atoms with Gasteiger partial charge in [0.1, 0.15) is 4.90 Å². The molecule has 16 heavy (non-hydrogen) atoms. The van der Waals surface area contributed by atoms with Gasteiger partial charge in [0.25, 0.3) is 0 Å². The van der Waals surface area contributed by atoms with Crippen LogP contribution in [-0.2, 0) is 10.0 Å². The lowest BCUT2D eigenvalue weighted by Crippen LogP contribution is -2.29. The predicted octanol–water partition coefficient (Wildman–Crippen LogP) is 0.406. The quantitative estimate of drug-likeness (QED) is 0.728. The molecule has 0 unspecified atom stereocenters. The first-order chi connectivity index (χ1) is 7.58. The third-order valence-corrected chi connectivity index (χ3v) is 4.07. The van der Waals surface area contributed by atoms with Crippen molar-refractivity contribution in [1.29, 1.82) is 0 Å². The van der Waals surface area contributed by atoms with Crippen LogP contribution < -0.4 is 10.2 Å². The van der Waals surface area contributed by atoms with Gasteiger partial charge in [-0.3, -0.25) is 4.79 Å². The Morgan fingerprint density at radius 3 is 2.88 bits per heavy atom. The summed E-state index contributed by atoms with van der Waals surface area (Å²) < 4.78 is 25.7. The van der Waals surface area contributed by atoms with Gasteiger partial charge in [-0.15, -0.1) is 0 Å². The third kappa shape index (κ3) is 3.66. The van der Waals surface area contributed by atoms with E-state index in [1.54, 1.807) is 11.8 Å². The van der Waals surface area contributed by atoms with E-state index in [0.717, 1.165) is 12.2 Å². The molecule has 7 heteroatoms. The van der Waals surface area contributed by atoms with Crippen molar-refractivity contribution in [2.24, 2.45) is 0 Å². The zero-order chi connectivity index (χ0) is 12.0. The predicted molar refractivity (Wildman–Crippen MR) is 65.3 cm³/mol. The highest BCUT2D eigenvalue weighted by Crippen LogP contribution is 2.00. The summed E-state index contributed by atoms with van der Waals surface area (Å²) >= 11 is 1.65. The maximum atomic E-state index is 11.7. The number of aromatic nitrogens is 1. The molecule has 1 rings (SSSR count). The second kappa shape index (κ2) is 6.07. The van der Waals surface area contributed by atoms with Crippen LogP contribution in [0.1, 0.15) is 6.42 Å². The first kappa shape index (κ1) is 13.3. The number of hydrogen-bond donors (Lipinski definition) is 2. The van der Waals surface area contributed by atoms with Crippen molar-refractivity contribution in [3.05, 3.63) is 28.7 Å². The summed E-state index contributed by atoms with van der Waals surface area (Å²) in [5.41, 5.74) is -0.504. The molecule has 0 saturated carbocycles. The van der Waals surface area contributed by atoms with E-state index < -0.39 is 15.5 Å². The Hall–Kier alpha value is -0.790. The molecule has 1 aromatic heterocycles. The van der Waals surface area contributed by atoms with Gasteiger partial charge < -0.3 is 4.98 Å². The monoisotopic (exact) mass is 262 g/mol. The van der Waals surface area contributed by atoms with Crippen LogP contribution in [-0.4, -0.2) is 32.0 Å². The number of H-pyrrole nitrogens is 1. The van der Waals surface area contributed by atoms with Crippen molar-refractivity contribution in [1.82, 2.24) is 9.71 Å². The highest BCUT2D eigenvalue weighted by Gasteiger charge is 2.16. The number of hydrogen-bond acceptors (Lipinski definition) is 4. The zero-order valence-corrected chi connectivity index (χ0v) is 10.5. The Morgan fingerprint density at radius 2 is 2.25 bits per heavy atom. The number of sulfonamides is 1.